The molecule has 1 heterocycles. The monoisotopic (exact) mass is 263 g/mol. The Morgan fingerprint density at radius 1 is 1.39 bits per heavy atom. The molecule has 0 unspecified atom stereocenters. The Kier molecular flexibility index (Phi) is 3.87. The fourth-order valence-electron chi connectivity index (χ4n) is 1.62. The number of nitrogen functional groups attached to an aromatic ring is 1. The second kappa shape index (κ2) is 5.40. The minimum Gasteiger partial charge on any atom is -0.461 e. The van der Waals surface area contributed by atoms with Gasteiger partial charge in [-0.25, -0.2) is 4.79 Å². The van der Waals surface area contributed by atoms with Gasteiger partial charge in [0.2, 0.25) is 0 Å². The molecule has 0 amide bonds. The van der Waals surface area contributed by atoms with Gasteiger partial charge >= 0.3 is 5.97 Å². The third-order valence-corrected chi connectivity index (χ3v) is 3.77. The number of thiophene rings is 1. The summed E-state index contributed by atoms with van der Waals surface area (Å²) in [6.07, 6.45) is 0.892. The zero-order chi connectivity index (χ0) is 13.1. The Bertz CT molecular complexity index is 560. The van der Waals surface area contributed by atoms with Crippen molar-refractivity contribution in [3.8, 4) is 0 Å². The topological polar surface area (TPSA) is 52.3 Å². The van der Waals surface area contributed by atoms with Crippen LogP contribution in [0.5, 0.6) is 0 Å². The van der Waals surface area contributed by atoms with E-state index < -0.39 is 0 Å². The molecule has 0 bridgehead atoms. The molecule has 0 aliphatic rings. The standard InChI is InChI=1S/C14H17NO2S/c1-9(2)5-6-17-14(16)13-8-10-7-11(15)3-4-12(10)18-13/h3-4,7-9H,5-6,15H2,1-2H3. The van der Waals surface area contributed by atoms with Gasteiger partial charge in [-0.3, -0.25) is 0 Å². The highest BCUT2D eigenvalue weighted by atomic mass is 32.1. The Morgan fingerprint density at radius 3 is 2.89 bits per heavy atom. The first-order chi connectivity index (χ1) is 8.56. The fraction of sp³-hybridized carbons (Fsp3) is 0.357. The molecule has 0 aliphatic carbocycles. The van der Waals surface area contributed by atoms with Crippen LogP contribution in [0.15, 0.2) is 24.3 Å². The van der Waals surface area contributed by atoms with Crippen molar-refractivity contribution in [1.82, 2.24) is 0 Å². The minimum absolute atomic E-state index is 0.240. The zero-order valence-electron chi connectivity index (χ0n) is 10.6. The molecule has 0 fully saturated rings. The molecule has 0 saturated heterocycles. The number of nitrogens with two attached hydrogens (primary N) is 1. The summed E-state index contributed by atoms with van der Waals surface area (Å²) in [5, 5.41) is 0.996. The highest BCUT2D eigenvalue weighted by Crippen LogP contribution is 2.27. The summed E-state index contributed by atoms with van der Waals surface area (Å²) in [4.78, 5) is 12.5. The van der Waals surface area contributed by atoms with E-state index in [0.29, 0.717) is 23.1 Å². The van der Waals surface area contributed by atoms with E-state index in [2.05, 4.69) is 13.8 Å². The number of carbonyl (C=O) groups is 1. The molecule has 0 aliphatic heterocycles. The molecule has 96 valence electrons. The van der Waals surface area contributed by atoms with E-state index in [1.165, 1.54) is 11.3 Å². The van der Waals surface area contributed by atoms with Crippen molar-refractivity contribution < 1.29 is 9.53 Å². The van der Waals surface area contributed by atoms with Crippen molar-refractivity contribution in [2.24, 2.45) is 5.92 Å². The Labute approximate surface area is 111 Å². The third kappa shape index (κ3) is 3.01. The molecule has 2 aromatic rings. The van der Waals surface area contributed by atoms with Crippen LogP contribution in [0.2, 0.25) is 0 Å². The maximum Gasteiger partial charge on any atom is 0.348 e. The number of ether oxygens (including phenoxy) is 1. The lowest BCUT2D eigenvalue weighted by molar-refractivity contribution is 0.0494. The average Bonchev–Trinajstić information content (AvgIpc) is 2.71. The summed E-state index contributed by atoms with van der Waals surface area (Å²) in [5.74, 6) is 0.301. The van der Waals surface area contributed by atoms with Gasteiger partial charge in [0.1, 0.15) is 4.88 Å². The number of fused-ring (bicyclic) bond motifs is 1. The highest BCUT2D eigenvalue weighted by molar-refractivity contribution is 7.20. The number of anilines is 1. The van der Waals surface area contributed by atoms with Crippen molar-refractivity contribution in [2.45, 2.75) is 20.3 Å². The largest absolute Gasteiger partial charge is 0.461 e. The molecule has 0 saturated carbocycles. The lowest BCUT2D eigenvalue weighted by Crippen LogP contribution is -2.06. The molecular formula is C14H17NO2S. The van der Waals surface area contributed by atoms with Crippen molar-refractivity contribution in [3.05, 3.63) is 29.1 Å². The van der Waals surface area contributed by atoms with Gasteiger partial charge in [-0.1, -0.05) is 13.8 Å². The van der Waals surface area contributed by atoms with Gasteiger partial charge in [-0.2, -0.15) is 0 Å². The van der Waals surface area contributed by atoms with Gasteiger partial charge in [0.05, 0.1) is 6.61 Å². The smallest absolute Gasteiger partial charge is 0.348 e. The number of esters is 1. The lowest BCUT2D eigenvalue weighted by atomic mass is 10.1. The normalized spacial score (nSPS) is 11.1. The van der Waals surface area contributed by atoms with Crippen LogP contribution < -0.4 is 5.73 Å². The van der Waals surface area contributed by atoms with E-state index in [-0.39, 0.29) is 5.97 Å². The second-order valence-corrected chi connectivity index (χ2v) is 5.81. The van der Waals surface area contributed by atoms with Crippen LogP contribution >= 0.6 is 11.3 Å². The number of hydrogen-bond donors (Lipinski definition) is 1. The maximum absolute atomic E-state index is 11.8. The van der Waals surface area contributed by atoms with Gasteiger partial charge in [-0.05, 0) is 42.0 Å². The Hall–Kier alpha value is -1.55. The van der Waals surface area contributed by atoms with Crippen LogP contribution in [0.1, 0.15) is 29.9 Å². The molecule has 1 aromatic carbocycles. The summed E-state index contributed by atoms with van der Waals surface area (Å²) in [6.45, 7) is 4.69. The molecule has 18 heavy (non-hydrogen) atoms. The van der Waals surface area contributed by atoms with Crippen molar-refractivity contribution in [3.63, 3.8) is 0 Å². The van der Waals surface area contributed by atoms with E-state index in [0.717, 1.165) is 16.5 Å². The van der Waals surface area contributed by atoms with Crippen LogP contribution in [-0.4, -0.2) is 12.6 Å². The van der Waals surface area contributed by atoms with Crippen LogP contribution in [-0.2, 0) is 4.74 Å². The Morgan fingerprint density at radius 2 is 2.17 bits per heavy atom. The fourth-order valence-corrected chi connectivity index (χ4v) is 2.56. The van der Waals surface area contributed by atoms with Crippen LogP contribution in [0.4, 0.5) is 5.69 Å². The predicted molar refractivity (Wildman–Crippen MR) is 76.0 cm³/mol. The minimum atomic E-state index is -0.240. The summed E-state index contributed by atoms with van der Waals surface area (Å²) in [7, 11) is 0. The maximum atomic E-state index is 11.8. The molecule has 3 nitrogen and oxygen atoms in total. The summed E-state index contributed by atoms with van der Waals surface area (Å²) >= 11 is 1.44. The van der Waals surface area contributed by atoms with Gasteiger partial charge in [0, 0.05) is 10.4 Å². The van der Waals surface area contributed by atoms with Crippen LogP contribution in [0.25, 0.3) is 10.1 Å². The van der Waals surface area contributed by atoms with E-state index in [1.807, 2.05) is 24.3 Å². The number of hydrogen-bond acceptors (Lipinski definition) is 4. The Balaban J connectivity index is 2.08. The number of benzene rings is 1. The van der Waals surface area contributed by atoms with Crippen molar-refractivity contribution in [1.29, 1.82) is 0 Å². The number of carbonyl (C=O) groups excluding carboxylic acids is 1. The van der Waals surface area contributed by atoms with Gasteiger partial charge in [-0.15, -0.1) is 11.3 Å². The highest BCUT2D eigenvalue weighted by Gasteiger charge is 2.11. The molecule has 2 rings (SSSR count). The first-order valence-electron chi connectivity index (χ1n) is 6.02. The summed E-state index contributed by atoms with van der Waals surface area (Å²) in [5.41, 5.74) is 6.42. The van der Waals surface area contributed by atoms with Crippen LogP contribution in [0, 0.1) is 5.92 Å². The third-order valence-electron chi connectivity index (χ3n) is 2.67. The van der Waals surface area contributed by atoms with Crippen molar-refractivity contribution in [2.75, 3.05) is 12.3 Å². The molecule has 4 heteroatoms. The molecule has 2 N–H and O–H groups in total. The summed E-state index contributed by atoms with van der Waals surface area (Å²) in [6, 6.07) is 7.48. The van der Waals surface area contributed by atoms with E-state index in [9.17, 15) is 4.79 Å². The van der Waals surface area contributed by atoms with Crippen LogP contribution in [0.3, 0.4) is 0 Å². The zero-order valence-corrected chi connectivity index (χ0v) is 11.4. The quantitative estimate of drug-likeness (QED) is 0.676. The first kappa shape index (κ1) is 12.9. The molecule has 1 aromatic heterocycles. The first-order valence-corrected chi connectivity index (χ1v) is 6.84. The van der Waals surface area contributed by atoms with Gasteiger partial charge in [0.25, 0.3) is 0 Å². The molecular weight excluding hydrogens is 246 g/mol. The van der Waals surface area contributed by atoms with Gasteiger partial charge < -0.3 is 10.5 Å². The van der Waals surface area contributed by atoms with E-state index in [1.54, 1.807) is 0 Å². The average molecular weight is 263 g/mol. The summed E-state index contributed by atoms with van der Waals surface area (Å²) < 4.78 is 6.29. The van der Waals surface area contributed by atoms with Crippen molar-refractivity contribution >= 4 is 33.1 Å². The second-order valence-electron chi connectivity index (χ2n) is 4.73. The lowest BCUT2D eigenvalue weighted by Gasteiger charge is -2.04. The molecule has 0 radical (unpaired) electrons. The molecule has 0 atom stereocenters. The van der Waals surface area contributed by atoms with E-state index >= 15 is 0 Å². The molecule has 0 spiro atoms. The number of rotatable bonds is 4. The SMILES string of the molecule is CC(C)CCOC(=O)c1cc2cc(N)ccc2s1. The predicted octanol–water partition coefficient (Wildman–Crippen LogP) is 3.69. The van der Waals surface area contributed by atoms with Gasteiger partial charge in [0.15, 0.2) is 0 Å². The van der Waals surface area contributed by atoms with E-state index in [4.69, 9.17) is 10.5 Å².